The minimum atomic E-state index is -4.52. The van der Waals surface area contributed by atoms with Crippen LogP contribution in [0, 0.1) is 6.92 Å². The first-order valence-corrected chi connectivity index (χ1v) is 12.8. The number of ether oxygens (including phenoxy) is 2. The van der Waals surface area contributed by atoms with E-state index in [4.69, 9.17) is 9.47 Å². The topological polar surface area (TPSA) is 113 Å². The molecule has 10 nitrogen and oxygen atoms in total. The van der Waals surface area contributed by atoms with Gasteiger partial charge in [-0.05, 0) is 46.1 Å². The number of carbonyl (C=O) groups excluding carboxylic acids is 2. The van der Waals surface area contributed by atoms with Crippen LogP contribution in [0.4, 0.5) is 18.0 Å². The summed E-state index contributed by atoms with van der Waals surface area (Å²) in [5, 5.41) is -0.104. The third-order valence-electron chi connectivity index (χ3n) is 5.50. The molecule has 0 N–H and O–H groups in total. The summed E-state index contributed by atoms with van der Waals surface area (Å²) in [5.41, 5.74) is 1.26. The van der Waals surface area contributed by atoms with Crippen molar-refractivity contribution < 1.29 is 36.8 Å². The van der Waals surface area contributed by atoms with Crippen molar-refractivity contribution >= 4 is 34.2 Å². The molecule has 38 heavy (non-hydrogen) atoms. The molecule has 2 heterocycles. The van der Waals surface area contributed by atoms with Crippen LogP contribution in [-0.2, 0) is 26.5 Å². The van der Waals surface area contributed by atoms with Gasteiger partial charge in [-0.25, -0.2) is 14.2 Å². The molecule has 3 aromatic rings. The van der Waals surface area contributed by atoms with Gasteiger partial charge in [0, 0.05) is 30.0 Å². The zero-order valence-corrected chi connectivity index (χ0v) is 22.3. The number of halogens is 3. The molecule has 2 unspecified atom stereocenters. The van der Waals surface area contributed by atoms with Gasteiger partial charge >= 0.3 is 23.3 Å². The lowest BCUT2D eigenvalue weighted by molar-refractivity contribution is -0.154. The minimum Gasteiger partial charge on any atom is -0.609 e. The van der Waals surface area contributed by atoms with E-state index in [0.717, 1.165) is 9.47 Å². The summed E-state index contributed by atoms with van der Waals surface area (Å²) in [6.45, 7) is 1.79. The molecule has 0 aliphatic heterocycles. The Morgan fingerprint density at radius 3 is 2.50 bits per heavy atom. The van der Waals surface area contributed by atoms with Crippen LogP contribution in [0.1, 0.15) is 18.2 Å². The zero-order valence-electron chi connectivity index (χ0n) is 21.5. The van der Waals surface area contributed by atoms with E-state index in [-0.39, 0.29) is 34.5 Å². The number of alkyl halides is 3. The molecule has 0 saturated heterocycles. The molecule has 3 rings (SSSR count). The highest BCUT2D eigenvalue weighted by Crippen LogP contribution is 2.27. The maximum Gasteiger partial charge on any atom is 0.422 e. The number of hydrogen-bond donors (Lipinski definition) is 0. The lowest BCUT2D eigenvalue weighted by Crippen LogP contribution is -2.53. The Morgan fingerprint density at radius 2 is 1.87 bits per heavy atom. The molecule has 206 valence electrons. The van der Waals surface area contributed by atoms with E-state index < -0.39 is 42.1 Å². The van der Waals surface area contributed by atoms with Crippen LogP contribution in [0.3, 0.4) is 0 Å². The van der Waals surface area contributed by atoms with Crippen molar-refractivity contribution in [1.29, 1.82) is 0 Å². The van der Waals surface area contributed by atoms with Crippen LogP contribution < -0.4 is 4.74 Å². The van der Waals surface area contributed by atoms with Crippen LogP contribution >= 0.6 is 0 Å². The molecule has 2 atom stereocenters. The average Bonchev–Trinajstić information content (AvgIpc) is 3.23. The third-order valence-corrected chi connectivity index (χ3v) is 6.71. The minimum absolute atomic E-state index is 0.0445. The smallest absolute Gasteiger partial charge is 0.422 e. The van der Waals surface area contributed by atoms with Crippen molar-refractivity contribution in [3.05, 3.63) is 47.8 Å². The average molecular weight is 556 g/mol. The quantitative estimate of drug-likeness (QED) is 0.225. The van der Waals surface area contributed by atoms with Gasteiger partial charge in [-0.1, -0.05) is 12.1 Å². The monoisotopic (exact) mass is 555 g/mol. The van der Waals surface area contributed by atoms with Gasteiger partial charge in [-0.15, -0.1) is 0 Å². The molecule has 0 spiro atoms. The zero-order chi connectivity index (χ0) is 28.2. The SMILES string of the molecule is CCOC(=O)C(N(C)C)N(C)C(=O)n1c([S+]([O-])Cc2nccc(OCC(F)(F)F)c2C)nc2ccccc21. The Labute approximate surface area is 220 Å². The van der Waals surface area contributed by atoms with Gasteiger partial charge in [0.05, 0.1) is 23.3 Å². The van der Waals surface area contributed by atoms with E-state index in [0.29, 0.717) is 11.0 Å². The van der Waals surface area contributed by atoms with Crippen molar-refractivity contribution in [2.24, 2.45) is 0 Å². The van der Waals surface area contributed by atoms with E-state index in [9.17, 15) is 27.3 Å². The van der Waals surface area contributed by atoms with Gasteiger partial charge in [0.2, 0.25) is 0 Å². The molecule has 0 saturated carbocycles. The van der Waals surface area contributed by atoms with Gasteiger partial charge in [-0.3, -0.25) is 9.88 Å². The Balaban J connectivity index is 1.98. The lowest BCUT2D eigenvalue weighted by Gasteiger charge is -2.31. The maximum atomic E-state index is 13.7. The Morgan fingerprint density at radius 1 is 1.18 bits per heavy atom. The van der Waals surface area contributed by atoms with Crippen LogP contribution in [-0.4, -0.2) is 87.6 Å². The lowest BCUT2D eigenvalue weighted by atomic mass is 10.2. The second-order valence-electron chi connectivity index (χ2n) is 8.48. The fourth-order valence-corrected chi connectivity index (χ4v) is 4.99. The maximum absolute atomic E-state index is 13.7. The van der Waals surface area contributed by atoms with Crippen LogP contribution in [0.5, 0.6) is 5.75 Å². The summed E-state index contributed by atoms with van der Waals surface area (Å²) in [5.74, 6) is -0.933. The number of carbonyl (C=O) groups is 2. The number of fused-ring (bicyclic) bond motifs is 1. The van der Waals surface area contributed by atoms with E-state index >= 15 is 0 Å². The first-order chi connectivity index (χ1) is 17.9. The number of aromatic nitrogens is 3. The second kappa shape index (κ2) is 12.0. The van der Waals surface area contributed by atoms with Crippen LogP contribution in [0.25, 0.3) is 11.0 Å². The van der Waals surface area contributed by atoms with E-state index in [2.05, 4.69) is 9.97 Å². The molecule has 14 heteroatoms. The summed E-state index contributed by atoms with van der Waals surface area (Å²) in [6, 6.07) is 7.26. The molecule has 0 aliphatic rings. The Bertz CT molecular complexity index is 1300. The van der Waals surface area contributed by atoms with Crippen molar-refractivity contribution in [2.45, 2.75) is 37.1 Å². The van der Waals surface area contributed by atoms with Crippen molar-refractivity contribution in [3.8, 4) is 5.75 Å². The number of nitrogens with zero attached hydrogens (tertiary/aromatic N) is 5. The second-order valence-corrected chi connectivity index (χ2v) is 9.82. The first-order valence-electron chi connectivity index (χ1n) is 11.5. The summed E-state index contributed by atoms with van der Waals surface area (Å²) >= 11 is -1.96. The van der Waals surface area contributed by atoms with Crippen molar-refractivity contribution in [1.82, 2.24) is 24.3 Å². The highest BCUT2D eigenvalue weighted by Gasteiger charge is 2.35. The van der Waals surface area contributed by atoms with Crippen LogP contribution in [0.2, 0.25) is 0 Å². The third kappa shape index (κ3) is 6.55. The van der Waals surface area contributed by atoms with Gasteiger partial charge < -0.3 is 18.9 Å². The number of likely N-dealkylation sites (N-methyl/N-ethyl adjacent to an activating group) is 2. The summed E-state index contributed by atoms with van der Waals surface area (Å²) < 4.78 is 62.6. The Kier molecular flexibility index (Phi) is 9.22. The number of pyridine rings is 1. The fourth-order valence-electron chi connectivity index (χ4n) is 3.75. The molecular weight excluding hydrogens is 527 g/mol. The molecule has 1 amide bonds. The number of para-hydroxylation sites is 2. The highest BCUT2D eigenvalue weighted by molar-refractivity contribution is 7.90. The van der Waals surface area contributed by atoms with Crippen LogP contribution in [0.15, 0.2) is 41.7 Å². The molecule has 0 aliphatic carbocycles. The number of hydrogen-bond acceptors (Lipinski definition) is 8. The van der Waals surface area contributed by atoms with Gasteiger partial charge in [0.15, 0.2) is 18.5 Å². The summed E-state index contributed by atoms with van der Waals surface area (Å²) in [4.78, 5) is 37.5. The highest BCUT2D eigenvalue weighted by atomic mass is 32.2. The predicted molar refractivity (Wildman–Crippen MR) is 133 cm³/mol. The van der Waals surface area contributed by atoms with E-state index in [1.165, 1.54) is 31.1 Å². The number of rotatable bonds is 9. The normalized spacial score (nSPS) is 13.4. The molecule has 0 fully saturated rings. The molecule has 0 radical (unpaired) electrons. The number of amides is 1. The molecule has 2 aromatic heterocycles. The largest absolute Gasteiger partial charge is 0.609 e. The van der Waals surface area contributed by atoms with Crippen molar-refractivity contribution in [3.63, 3.8) is 0 Å². The summed E-state index contributed by atoms with van der Waals surface area (Å²) in [6.07, 6.45) is -4.34. The molecule has 0 bridgehead atoms. The van der Waals surface area contributed by atoms with Gasteiger partial charge in [0.1, 0.15) is 5.75 Å². The van der Waals surface area contributed by atoms with E-state index in [1.807, 2.05) is 0 Å². The van der Waals surface area contributed by atoms with Gasteiger partial charge in [0.25, 0.3) is 0 Å². The predicted octanol–water partition coefficient (Wildman–Crippen LogP) is 3.34. The summed E-state index contributed by atoms with van der Waals surface area (Å²) in [7, 11) is 4.63. The number of benzene rings is 1. The number of imidazole rings is 1. The Hall–Kier alpha value is -3.36. The molecule has 1 aromatic carbocycles. The standard InChI is InChI=1S/C24H28F3N5O5S/c1-6-36-21(33)20(30(3)4)31(5)23(34)32-18-10-8-7-9-16(18)29-22(32)38(35)13-17-15(2)19(11-12-28-17)37-14-24(25,26)27/h7-12,20H,6,13-14H2,1-5H3. The fraction of sp³-hybridized carbons (Fsp3) is 0.417. The number of esters is 1. The van der Waals surface area contributed by atoms with E-state index in [1.54, 1.807) is 45.3 Å². The van der Waals surface area contributed by atoms with Gasteiger partial charge in [-0.2, -0.15) is 18.2 Å². The first kappa shape index (κ1) is 29.2. The van der Waals surface area contributed by atoms with Crippen molar-refractivity contribution in [2.75, 3.05) is 34.4 Å². The molecular formula is C24H28F3N5O5S.